The molecule has 7 nitrogen and oxygen atoms in total. The van der Waals surface area contributed by atoms with Crippen LogP contribution in [0.5, 0.6) is 5.75 Å². The van der Waals surface area contributed by atoms with Crippen molar-refractivity contribution < 1.29 is 14.3 Å². The number of carbonyl (C=O) groups is 2. The minimum Gasteiger partial charge on any atom is -0.495 e. The predicted molar refractivity (Wildman–Crippen MR) is 126 cm³/mol. The van der Waals surface area contributed by atoms with Gasteiger partial charge in [0.2, 0.25) is 5.91 Å². The van der Waals surface area contributed by atoms with Gasteiger partial charge in [0.25, 0.3) is 5.91 Å². The highest BCUT2D eigenvalue weighted by Crippen LogP contribution is 2.31. The summed E-state index contributed by atoms with van der Waals surface area (Å²) in [6.45, 7) is 5.74. The van der Waals surface area contributed by atoms with Gasteiger partial charge in [-0.25, -0.2) is 0 Å². The number of halogens is 1. The van der Waals surface area contributed by atoms with E-state index >= 15 is 0 Å². The highest BCUT2D eigenvalue weighted by Gasteiger charge is 2.23. The highest BCUT2D eigenvalue weighted by atomic mass is 35.5. The number of alkyl halides is 1. The molecule has 0 radical (unpaired) electrons. The van der Waals surface area contributed by atoms with Crippen molar-refractivity contribution in [3.63, 3.8) is 0 Å². The van der Waals surface area contributed by atoms with Gasteiger partial charge in [0, 0.05) is 44.1 Å². The monoisotopic (exact) mass is 444 g/mol. The Hall–Kier alpha value is -2.93. The summed E-state index contributed by atoms with van der Waals surface area (Å²) in [7, 11) is 1.68. The average Bonchev–Trinajstić information content (AvgIpc) is 2.82. The molecule has 0 saturated carbocycles. The number of hydrogen-bond acceptors (Lipinski definition) is 5. The van der Waals surface area contributed by atoms with Crippen molar-refractivity contribution >= 4 is 40.5 Å². The summed E-state index contributed by atoms with van der Waals surface area (Å²) in [6, 6.07) is 13.4. The lowest BCUT2D eigenvalue weighted by Crippen LogP contribution is -2.47. The lowest BCUT2D eigenvalue weighted by atomic mass is 10.1. The van der Waals surface area contributed by atoms with Gasteiger partial charge in [-0.05, 0) is 36.8 Å². The minimum absolute atomic E-state index is 0.135. The van der Waals surface area contributed by atoms with E-state index in [2.05, 4.69) is 26.5 Å². The Morgan fingerprint density at radius 3 is 2.35 bits per heavy atom. The van der Waals surface area contributed by atoms with Crippen LogP contribution < -0.4 is 25.2 Å². The van der Waals surface area contributed by atoms with E-state index in [4.69, 9.17) is 16.3 Å². The van der Waals surface area contributed by atoms with Crippen molar-refractivity contribution in [2.75, 3.05) is 60.8 Å². The third-order valence-electron chi connectivity index (χ3n) is 5.23. The molecule has 8 heteroatoms. The first-order valence-corrected chi connectivity index (χ1v) is 11.0. The SMILES string of the molecule is CCCNC(=O)c1cc(NC(=O)CCl)ccc1N1CCN(c2ccccc2OC)CC1. The number of anilines is 3. The van der Waals surface area contributed by atoms with Crippen molar-refractivity contribution in [3.05, 3.63) is 48.0 Å². The van der Waals surface area contributed by atoms with Gasteiger partial charge in [-0.3, -0.25) is 9.59 Å². The molecule has 2 aromatic rings. The molecule has 0 aliphatic carbocycles. The molecule has 1 aliphatic heterocycles. The molecule has 2 N–H and O–H groups in total. The number of rotatable bonds is 8. The summed E-state index contributed by atoms with van der Waals surface area (Å²) >= 11 is 5.60. The predicted octanol–water partition coefficient (Wildman–Crippen LogP) is 3.34. The van der Waals surface area contributed by atoms with Crippen LogP contribution in [0, 0.1) is 0 Å². The molecule has 0 unspecified atom stereocenters. The smallest absolute Gasteiger partial charge is 0.253 e. The molecule has 2 amide bonds. The van der Waals surface area contributed by atoms with Crippen LogP contribution in [0.15, 0.2) is 42.5 Å². The van der Waals surface area contributed by atoms with Gasteiger partial charge in [-0.1, -0.05) is 19.1 Å². The number of nitrogens with one attached hydrogen (secondary N) is 2. The number of nitrogens with zero attached hydrogens (tertiary/aromatic N) is 2. The number of methoxy groups -OCH3 is 1. The van der Waals surface area contributed by atoms with Gasteiger partial charge in [-0.15, -0.1) is 11.6 Å². The number of hydrogen-bond donors (Lipinski definition) is 2. The molecule has 1 fully saturated rings. The Bertz CT molecular complexity index is 913. The third-order valence-corrected chi connectivity index (χ3v) is 5.47. The zero-order chi connectivity index (χ0) is 22.2. The second-order valence-corrected chi connectivity index (χ2v) is 7.58. The quantitative estimate of drug-likeness (QED) is 0.611. The first-order valence-electron chi connectivity index (χ1n) is 10.5. The van der Waals surface area contributed by atoms with E-state index in [-0.39, 0.29) is 17.7 Å². The molecule has 2 aromatic carbocycles. The lowest BCUT2D eigenvalue weighted by Gasteiger charge is -2.38. The molecule has 166 valence electrons. The van der Waals surface area contributed by atoms with Crippen LogP contribution in [-0.4, -0.2) is 57.5 Å². The topological polar surface area (TPSA) is 73.9 Å². The molecule has 1 aliphatic rings. The maximum Gasteiger partial charge on any atom is 0.253 e. The van der Waals surface area contributed by atoms with Crippen LogP contribution in [0.25, 0.3) is 0 Å². The fraction of sp³-hybridized carbons (Fsp3) is 0.391. The number of piperazine rings is 1. The van der Waals surface area contributed by atoms with E-state index in [0.29, 0.717) is 17.8 Å². The normalized spacial score (nSPS) is 13.6. The molecule has 1 heterocycles. The minimum atomic E-state index is -0.306. The summed E-state index contributed by atoms with van der Waals surface area (Å²) in [4.78, 5) is 29.0. The van der Waals surface area contributed by atoms with Gasteiger partial charge >= 0.3 is 0 Å². The summed E-state index contributed by atoms with van der Waals surface area (Å²) in [6.07, 6.45) is 0.849. The summed E-state index contributed by atoms with van der Waals surface area (Å²) in [5.74, 6) is 0.269. The average molecular weight is 445 g/mol. The highest BCUT2D eigenvalue weighted by molar-refractivity contribution is 6.29. The number of carbonyl (C=O) groups excluding carboxylic acids is 2. The first-order chi connectivity index (χ1) is 15.1. The third kappa shape index (κ3) is 5.61. The van der Waals surface area contributed by atoms with Crippen molar-refractivity contribution in [2.45, 2.75) is 13.3 Å². The Morgan fingerprint density at radius 1 is 1.03 bits per heavy atom. The van der Waals surface area contributed by atoms with Crippen LogP contribution in [0.1, 0.15) is 23.7 Å². The standard InChI is InChI=1S/C23H29ClN4O3/c1-3-10-25-23(30)18-15-17(26-22(29)16-24)8-9-19(18)27-11-13-28(14-12-27)20-6-4-5-7-21(20)31-2/h4-9,15H,3,10-14,16H2,1-2H3,(H,25,30)(H,26,29). The summed E-state index contributed by atoms with van der Waals surface area (Å²) < 4.78 is 5.50. The van der Waals surface area contributed by atoms with Crippen LogP contribution >= 0.6 is 11.6 Å². The molecular formula is C23H29ClN4O3. The first kappa shape index (κ1) is 22.7. The van der Waals surface area contributed by atoms with E-state index < -0.39 is 0 Å². The number of ether oxygens (including phenoxy) is 1. The zero-order valence-corrected chi connectivity index (χ0v) is 18.7. The molecular weight excluding hydrogens is 416 g/mol. The number of para-hydroxylation sites is 2. The van der Waals surface area contributed by atoms with Crippen LogP contribution in [0.4, 0.5) is 17.1 Å². The Morgan fingerprint density at radius 2 is 1.71 bits per heavy atom. The maximum absolute atomic E-state index is 12.8. The Labute approximate surface area is 188 Å². The Kier molecular flexibility index (Phi) is 8.00. The van der Waals surface area contributed by atoms with E-state index in [1.54, 1.807) is 13.2 Å². The molecule has 0 aromatic heterocycles. The molecule has 0 spiro atoms. The van der Waals surface area contributed by atoms with Crippen LogP contribution in [-0.2, 0) is 4.79 Å². The van der Waals surface area contributed by atoms with Gasteiger partial charge < -0.3 is 25.2 Å². The molecule has 31 heavy (non-hydrogen) atoms. The van der Waals surface area contributed by atoms with E-state index in [9.17, 15) is 9.59 Å². The van der Waals surface area contributed by atoms with Crippen LogP contribution in [0.2, 0.25) is 0 Å². The molecule has 0 bridgehead atoms. The largest absolute Gasteiger partial charge is 0.495 e. The summed E-state index contributed by atoms with van der Waals surface area (Å²) in [5, 5.41) is 5.66. The fourth-order valence-corrected chi connectivity index (χ4v) is 3.75. The number of benzene rings is 2. The van der Waals surface area contributed by atoms with E-state index in [0.717, 1.165) is 49.7 Å². The second kappa shape index (κ2) is 10.9. The van der Waals surface area contributed by atoms with Crippen molar-refractivity contribution in [2.24, 2.45) is 0 Å². The lowest BCUT2D eigenvalue weighted by molar-refractivity contribution is -0.113. The van der Waals surface area contributed by atoms with E-state index in [1.807, 2.05) is 37.3 Å². The maximum atomic E-state index is 12.8. The van der Waals surface area contributed by atoms with Gasteiger partial charge in [0.15, 0.2) is 0 Å². The second-order valence-electron chi connectivity index (χ2n) is 7.32. The van der Waals surface area contributed by atoms with Gasteiger partial charge in [0.05, 0.1) is 18.4 Å². The fourth-order valence-electron chi connectivity index (χ4n) is 3.68. The van der Waals surface area contributed by atoms with Crippen molar-refractivity contribution in [3.8, 4) is 5.75 Å². The van der Waals surface area contributed by atoms with Crippen molar-refractivity contribution in [1.29, 1.82) is 0 Å². The van der Waals surface area contributed by atoms with Crippen molar-refractivity contribution in [1.82, 2.24) is 5.32 Å². The van der Waals surface area contributed by atoms with E-state index in [1.165, 1.54) is 0 Å². The summed E-state index contributed by atoms with van der Waals surface area (Å²) in [5.41, 5.74) is 3.04. The Balaban J connectivity index is 1.79. The number of amides is 2. The molecule has 3 rings (SSSR count). The van der Waals surface area contributed by atoms with Crippen LogP contribution in [0.3, 0.4) is 0 Å². The molecule has 1 saturated heterocycles. The zero-order valence-electron chi connectivity index (χ0n) is 18.0. The van der Waals surface area contributed by atoms with Gasteiger partial charge in [0.1, 0.15) is 11.6 Å². The molecule has 0 atom stereocenters. The van der Waals surface area contributed by atoms with Gasteiger partial charge in [-0.2, -0.15) is 0 Å².